The monoisotopic (exact) mass is 265 g/mol. The number of ether oxygens (including phenoxy) is 1. The molecule has 2 saturated heterocycles. The van der Waals surface area contributed by atoms with Crippen LogP contribution >= 0.6 is 0 Å². The average Bonchev–Trinajstić information content (AvgIpc) is 2.89. The molecule has 3 heterocycles. The fourth-order valence-corrected chi connectivity index (χ4v) is 3.21. The Labute approximate surface area is 113 Å². The quantitative estimate of drug-likeness (QED) is 0.832. The van der Waals surface area contributed by atoms with Crippen LogP contribution in [-0.2, 0) is 11.3 Å². The van der Waals surface area contributed by atoms with Crippen LogP contribution in [0.5, 0.6) is 0 Å². The van der Waals surface area contributed by atoms with Crippen LogP contribution in [0.3, 0.4) is 0 Å². The van der Waals surface area contributed by atoms with Crippen molar-refractivity contribution < 1.29 is 4.74 Å². The van der Waals surface area contributed by atoms with Gasteiger partial charge in [-0.2, -0.15) is 0 Å². The first kappa shape index (κ1) is 13.0. The SMILES string of the molecule is CNCc1cn(C2CCOC3(CCNCC3)C2)nn1. The van der Waals surface area contributed by atoms with E-state index in [0.29, 0.717) is 6.04 Å². The van der Waals surface area contributed by atoms with E-state index in [9.17, 15) is 0 Å². The van der Waals surface area contributed by atoms with E-state index in [1.165, 1.54) is 0 Å². The molecule has 6 nitrogen and oxygen atoms in total. The van der Waals surface area contributed by atoms with Crippen molar-refractivity contribution in [1.82, 2.24) is 25.6 Å². The number of nitrogens with one attached hydrogen (secondary N) is 2. The predicted octanol–water partition coefficient (Wildman–Crippen LogP) is 0.471. The van der Waals surface area contributed by atoms with Gasteiger partial charge in [0.2, 0.25) is 0 Å². The summed E-state index contributed by atoms with van der Waals surface area (Å²) in [6, 6.07) is 0.435. The number of aromatic nitrogens is 3. The lowest BCUT2D eigenvalue weighted by Gasteiger charge is -2.43. The van der Waals surface area contributed by atoms with Gasteiger partial charge >= 0.3 is 0 Å². The molecule has 0 saturated carbocycles. The summed E-state index contributed by atoms with van der Waals surface area (Å²) >= 11 is 0. The van der Waals surface area contributed by atoms with Gasteiger partial charge in [0.25, 0.3) is 0 Å². The van der Waals surface area contributed by atoms with Crippen molar-refractivity contribution >= 4 is 0 Å². The summed E-state index contributed by atoms with van der Waals surface area (Å²) in [4.78, 5) is 0. The molecular formula is C13H23N5O. The normalized spacial score (nSPS) is 26.7. The van der Waals surface area contributed by atoms with Crippen LogP contribution in [0.1, 0.15) is 37.4 Å². The van der Waals surface area contributed by atoms with Crippen LogP contribution in [0.15, 0.2) is 6.20 Å². The standard InChI is InChI=1S/C13H23N5O/c1-14-9-11-10-18(17-16-11)12-2-7-19-13(8-12)3-5-15-6-4-13/h10,12,14-15H,2-9H2,1H3. The molecule has 0 radical (unpaired) electrons. The smallest absolute Gasteiger partial charge is 0.0964 e. The summed E-state index contributed by atoms with van der Waals surface area (Å²) in [6.45, 7) is 3.74. The molecule has 2 aliphatic heterocycles. The third-order valence-electron chi connectivity index (χ3n) is 4.27. The van der Waals surface area contributed by atoms with E-state index in [2.05, 4.69) is 27.1 Å². The highest BCUT2D eigenvalue weighted by atomic mass is 16.5. The summed E-state index contributed by atoms with van der Waals surface area (Å²) in [6.07, 6.45) is 6.40. The highest BCUT2D eigenvalue weighted by molar-refractivity contribution is 4.97. The van der Waals surface area contributed by atoms with E-state index in [-0.39, 0.29) is 5.60 Å². The Morgan fingerprint density at radius 1 is 1.53 bits per heavy atom. The van der Waals surface area contributed by atoms with Gasteiger partial charge in [0.1, 0.15) is 0 Å². The molecule has 1 spiro atoms. The van der Waals surface area contributed by atoms with E-state index in [4.69, 9.17) is 4.74 Å². The first-order chi connectivity index (χ1) is 9.31. The summed E-state index contributed by atoms with van der Waals surface area (Å²) in [5.41, 5.74) is 1.08. The molecule has 6 heteroatoms. The lowest BCUT2D eigenvalue weighted by Crippen LogP contribution is -2.48. The fraction of sp³-hybridized carbons (Fsp3) is 0.846. The van der Waals surface area contributed by atoms with Crippen LogP contribution in [0.2, 0.25) is 0 Å². The number of hydrogen-bond acceptors (Lipinski definition) is 5. The average molecular weight is 265 g/mol. The van der Waals surface area contributed by atoms with Crippen LogP contribution in [0.25, 0.3) is 0 Å². The Bertz CT molecular complexity index is 407. The molecule has 19 heavy (non-hydrogen) atoms. The van der Waals surface area contributed by atoms with E-state index in [1.54, 1.807) is 0 Å². The lowest BCUT2D eigenvalue weighted by molar-refractivity contribution is -0.112. The molecule has 1 aromatic rings. The first-order valence-corrected chi connectivity index (χ1v) is 7.21. The maximum atomic E-state index is 6.10. The Balaban J connectivity index is 1.69. The summed E-state index contributed by atoms with van der Waals surface area (Å²) in [7, 11) is 1.93. The van der Waals surface area contributed by atoms with Gasteiger partial charge < -0.3 is 15.4 Å². The molecule has 2 N–H and O–H groups in total. The highest BCUT2D eigenvalue weighted by Crippen LogP contribution is 2.37. The summed E-state index contributed by atoms with van der Waals surface area (Å²) in [5.74, 6) is 0. The molecular weight excluding hydrogens is 242 g/mol. The minimum atomic E-state index is 0.0727. The van der Waals surface area contributed by atoms with Gasteiger partial charge in [-0.15, -0.1) is 5.10 Å². The Morgan fingerprint density at radius 3 is 3.16 bits per heavy atom. The van der Waals surface area contributed by atoms with Crippen molar-refractivity contribution in [3.63, 3.8) is 0 Å². The van der Waals surface area contributed by atoms with E-state index in [0.717, 1.165) is 57.6 Å². The van der Waals surface area contributed by atoms with Crippen molar-refractivity contribution in [3.8, 4) is 0 Å². The van der Waals surface area contributed by atoms with Crippen molar-refractivity contribution in [2.24, 2.45) is 0 Å². The summed E-state index contributed by atoms with van der Waals surface area (Å²) < 4.78 is 8.14. The lowest BCUT2D eigenvalue weighted by atomic mass is 9.83. The summed E-state index contributed by atoms with van der Waals surface area (Å²) in [5, 5.41) is 15.0. The molecule has 0 aromatic carbocycles. The molecule has 2 aliphatic rings. The number of hydrogen-bond donors (Lipinski definition) is 2. The zero-order valence-corrected chi connectivity index (χ0v) is 11.6. The molecule has 1 aromatic heterocycles. The largest absolute Gasteiger partial charge is 0.375 e. The predicted molar refractivity (Wildman–Crippen MR) is 71.8 cm³/mol. The maximum Gasteiger partial charge on any atom is 0.0964 e. The minimum absolute atomic E-state index is 0.0727. The third-order valence-corrected chi connectivity index (χ3v) is 4.27. The second kappa shape index (κ2) is 5.56. The zero-order valence-electron chi connectivity index (χ0n) is 11.6. The number of nitrogens with zero attached hydrogens (tertiary/aromatic N) is 3. The molecule has 1 unspecified atom stereocenters. The van der Waals surface area contributed by atoms with Crippen molar-refractivity contribution in [3.05, 3.63) is 11.9 Å². The molecule has 1 atom stereocenters. The number of rotatable bonds is 3. The topological polar surface area (TPSA) is 64.0 Å². The molecule has 0 bridgehead atoms. The van der Waals surface area contributed by atoms with Gasteiger partial charge in [0, 0.05) is 13.2 Å². The molecule has 3 rings (SSSR count). The highest BCUT2D eigenvalue weighted by Gasteiger charge is 2.39. The van der Waals surface area contributed by atoms with E-state index in [1.807, 2.05) is 11.7 Å². The van der Waals surface area contributed by atoms with Crippen LogP contribution in [0, 0.1) is 0 Å². The van der Waals surface area contributed by atoms with Crippen LogP contribution < -0.4 is 10.6 Å². The fourth-order valence-electron chi connectivity index (χ4n) is 3.21. The zero-order chi connectivity index (χ0) is 13.1. The number of piperidine rings is 1. The third kappa shape index (κ3) is 2.80. The van der Waals surface area contributed by atoms with Crippen molar-refractivity contribution in [1.29, 1.82) is 0 Å². The maximum absolute atomic E-state index is 6.10. The second-order valence-corrected chi connectivity index (χ2v) is 5.65. The van der Waals surface area contributed by atoms with Crippen molar-refractivity contribution in [2.45, 2.75) is 43.9 Å². The van der Waals surface area contributed by atoms with Crippen LogP contribution in [-0.4, -0.2) is 47.3 Å². The van der Waals surface area contributed by atoms with Gasteiger partial charge in [0.15, 0.2) is 0 Å². The van der Waals surface area contributed by atoms with Crippen LogP contribution in [0.4, 0.5) is 0 Å². The van der Waals surface area contributed by atoms with E-state index >= 15 is 0 Å². The molecule has 0 amide bonds. The van der Waals surface area contributed by atoms with Crippen molar-refractivity contribution in [2.75, 3.05) is 26.7 Å². The van der Waals surface area contributed by atoms with Gasteiger partial charge in [-0.25, -0.2) is 4.68 Å². The van der Waals surface area contributed by atoms with Gasteiger partial charge in [0.05, 0.1) is 23.5 Å². The molecule has 2 fully saturated rings. The van der Waals surface area contributed by atoms with E-state index < -0.39 is 0 Å². The molecule has 106 valence electrons. The van der Waals surface area contributed by atoms with Gasteiger partial charge in [-0.3, -0.25) is 0 Å². The Hall–Kier alpha value is -0.980. The van der Waals surface area contributed by atoms with Gasteiger partial charge in [-0.1, -0.05) is 5.21 Å². The minimum Gasteiger partial charge on any atom is -0.375 e. The van der Waals surface area contributed by atoms with Gasteiger partial charge in [-0.05, 0) is 45.8 Å². The molecule has 0 aliphatic carbocycles. The Morgan fingerprint density at radius 2 is 2.37 bits per heavy atom. The second-order valence-electron chi connectivity index (χ2n) is 5.65. The Kier molecular flexibility index (Phi) is 3.81. The first-order valence-electron chi connectivity index (χ1n) is 7.21.